The van der Waals surface area contributed by atoms with E-state index in [1.54, 1.807) is 12.1 Å². The Kier molecular flexibility index (Phi) is 5.11. The van der Waals surface area contributed by atoms with Gasteiger partial charge in [-0.15, -0.1) is 0 Å². The van der Waals surface area contributed by atoms with E-state index < -0.39 is 9.84 Å². The highest BCUT2D eigenvalue weighted by atomic mass is 32.2. The van der Waals surface area contributed by atoms with E-state index in [9.17, 15) is 13.2 Å². The number of carbonyl (C=O) groups excluding carboxylic acids is 1. The first kappa shape index (κ1) is 15.7. The fourth-order valence-electron chi connectivity index (χ4n) is 1.79. The number of nitrogens with one attached hydrogen (secondary N) is 1. The largest absolute Gasteiger partial charge is 0.326 e. The molecule has 5 heteroatoms. The number of sulfone groups is 1. The van der Waals surface area contributed by atoms with Gasteiger partial charge in [-0.1, -0.05) is 26.3 Å². The summed E-state index contributed by atoms with van der Waals surface area (Å²) in [6.45, 7) is 5.74. The van der Waals surface area contributed by atoms with E-state index >= 15 is 0 Å². The molecule has 1 aromatic rings. The van der Waals surface area contributed by atoms with Crippen molar-refractivity contribution in [2.45, 2.75) is 38.5 Å². The maximum absolute atomic E-state index is 12.0. The zero-order valence-electron chi connectivity index (χ0n) is 11.9. The first-order valence-electron chi connectivity index (χ1n) is 6.37. The fraction of sp³-hybridized carbons (Fsp3) is 0.500. The van der Waals surface area contributed by atoms with Gasteiger partial charge in [-0.2, -0.15) is 0 Å². The lowest BCUT2D eigenvalue weighted by atomic mass is 10.1. The average molecular weight is 283 g/mol. The van der Waals surface area contributed by atoms with Crippen molar-refractivity contribution < 1.29 is 13.2 Å². The predicted molar refractivity (Wildman–Crippen MR) is 77.0 cm³/mol. The third kappa shape index (κ3) is 4.35. The Morgan fingerprint density at radius 3 is 2.53 bits per heavy atom. The molecular weight excluding hydrogens is 262 g/mol. The second-order valence-electron chi connectivity index (χ2n) is 4.93. The van der Waals surface area contributed by atoms with Crippen molar-refractivity contribution in [1.29, 1.82) is 0 Å². The highest BCUT2D eigenvalue weighted by molar-refractivity contribution is 7.90. The van der Waals surface area contributed by atoms with Crippen LogP contribution in [0.2, 0.25) is 0 Å². The van der Waals surface area contributed by atoms with E-state index in [1.807, 2.05) is 20.8 Å². The van der Waals surface area contributed by atoms with Crippen LogP contribution in [0.25, 0.3) is 0 Å². The molecule has 1 N–H and O–H groups in total. The summed E-state index contributed by atoms with van der Waals surface area (Å²) in [6, 6.07) is 4.77. The van der Waals surface area contributed by atoms with Gasteiger partial charge >= 0.3 is 0 Å². The molecule has 1 atom stereocenters. The zero-order chi connectivity index (χ0) is 14.6. The molecule has 0 bridgehead atoms. The molecule has 0 aliphatic carbocycles. The van der Waals surface area contributed by atoms with Crippen molar-refractivity contribution in [3.05, 3.63) is 23.8 Å². The summed E-state index contributed by atoms with van der Waals surface area (Å²) in [5.74, 6) is -0.151. The van der Waals surface area contributed by atoms with Crippen LogP contribution in [0.5, 0.6) is 0 Å². The van der Waals surface area contributed by atoms with Crippen LogP contribution >= 0.6 is 0 Å². The Morgan fingerprint density at radius 1 is 1.37 bits per heavy atom. The van der Waals surface area contributed by atoms with Crippen molar-refractivity contribution in [2.24, 2.45) is 5.92 Å². The van der Waals surface area contributed by atoms with E-state index in [0.29, 0.717) is 5.69 Å². The molecule has 1 rings (SSSR count). The molecule has 0 saturated carbocycles. The summed E-state index contributed by atoms with van der Waals surface area (Å²) in [4.78, 5) is 12.2. The first-order chi connectivity index (χ1) is 8.75. The van der Waals surface area contributed by atoms with Crippen LogP contribution in [0.1, 0.15) is 32.3 Å². The maximum atomic E-state index is 12.0. The van der Waals surface area contributed by atoms with E-state index in [2.05, 4.69) is 5.32 Å². The highest BCUT2D eigenvalue weighted by Crippen LogP contribution is 2.21. The first-order valence-corrected chi connectivity index (χ1v) is 8.26. The van der Waals surface area contributed by atoms with Crippen molar-refractivity contribution in [2.75, 3.05) is 11.6 Å². The van der Waals surface area contributed by atoms with Crippen LogP contribution in [-0.2, 0) is 14.6 Å². The normalized spacial score (nSPS) is 13.1. The third-order valence-electron chi connectivity index (χ3n) is 3.06. The van der Waals surface area contributed by atoms with E-state index in [0.717, 1.165) is 24.7 Å². The minimum absolute atomic E-state index is 0.0735. The molecule has 1 aromatic carbocycles. The van der Waals surface area contributed by atoms with Gasteiger partial charge in [0.1, 0.15) is 0 Å². The van der Waals surface area contributed by atoms with E-state index in [4.69, 9.17) is 0 Å². The molecule has 0 radical (unpaired) electrons. The topological polar surface area (TPSA) is 63.2 Å². The lowest BCUT2D eigenvalue weighted by Gasteiger charge is -2.13. The van der Waals surface area contributed by atoms with Gasteiger partial charge in [-0.25, -0.2) is 8.42 Å². The van der Waals surface area contributed by atoms with Gasteiger partial charge < -0.3 is 5.32 Å². The van der Waals surface area contributed by atoms with Crippen molar-refractivity contribution in [1.82, 2.24) is 0 Å². The van der Waals surface area contributed by atoms with Gasteiger partial charge in [-0.05, 0) is 31.0 Å². The molecule has 0 spiro atoms. The second-order valence-corrected chi connectivity index (χ2v) is 6.94. The molecule has 0 aliphatic rings. The Bertz CT molecular complexity index is 564. The Labute approximate surface area is 115 Å². The van der Waals surface area contributed by atoms with Crippen LogP contribution in [0.4, 0.5) is 5.69 Å². The van der Waals surface area contributed by atoms with Crippen LogP contribution in [0, 0.1) is 12.8 Å². The molecule has 19 heavy (non-hydrogen) atoms. The minimum atomic E-state index is -3.26. The molecular formula is C14H21NO3S. The van der Waals surface area contributed by atoms with Gasteiger partial charge in [0, 0.05) is 17.9 Å². The highest BCUT2D eigenvalue weighted by Gasteiger charge is 2.15. The SMILES string of the molecule is CCCC(C)C(=O)Nc1cc(S(C)(=O)=O)ccc1C. The molecule has 1 unspecified atom stereocenters. The number of anilines is 1. The van der Waals surface area contributed by atoms with Crippen molar-refractivity contribution in [3.8, 4) is 0 Å². The van der Waals surface area contributed by atoms with Gasteiger partial charge in [0.05, 0.1) is 4.90 Å². The van der Waals surface area contributed by atoms with Crippen LogP contribution in [0.3, 0.4) is 0 Å². The van der Waals surface area contributed by atoms with Crippen molar-refractivity contribution >= 4 is 21.4 Å². The summed E-state index contributed by atoms with van der Waals surface area (Å²) in [7, 11) is -3.26. The molecule has 0 fully saturated rings. The van der Waals surface area contributed by atoms with E-state index in [1.165, 1.54) is 6.07 Å². The summed E-state index contributed by atoms with van der Waals surface area (Å²) < 4.78 is 23.0. The van der Waals surface area contributed by atoms with Crippen LogP contribution in [-0.4, -0.2) is 20.6 Å². The lowest BCUT2D eigenvalue weighted by Crippen LogP contribution is -2.20. The third-order valence-corrected chi connectivity index (χ3v) is 4.17. The Balaban J connectivity index is 2.98. The van der Waals surface area contributed by atoms with E-state index in [-0.39, 0.29) is 16.7 Å². The summed E-state index contributed by atoms with van der Waals surface area (Å²) >= 11 is 0. The number of amides is 1. The van der Waals surface area contributed by atoms with Gasteiger partial charge in [0.2, 0.25) is 5.91 Å². The summed E-state index contributed by atoms with van der Waals surface area (Å²) in [5.41, 5.74) is 1.42. The standard InChI is InChI=1S/C14H21NO3S/c1-5-6-11(3)14(16)15-13-9-12(19(4,17)18)8-7-10(13)2/h7-9,11H,5-6H2,1-4H3,(H,15,16). The number of rotatable bonds is 5. The Morgan fingerprint density at radius 2 is 2.00 bits per heavy atom. The quantitative estimate of drug-likeness (QED) is 0.903. The molecule has 4 nitrogen and oxygen atoms in total. The molecule has 0 aromatic heterocycles. The number of hydrogen-bond donors (Lipinski definition) is 1. The summed E-state index contributed by atoms with van der Waals surface area (Å²) in [5, 5.41) is 2.80. The number of benzene rings is 1. The molecule has 0 aliphatic heterocycles. The number of aryl methyl sites for hydroxylation is 1. The van der Waals surface area contributed by atoms with Crippen LogP contribution < -0.4 is 5.32 Å². The number of carbonyl (C=O) groups is 1. The van der Waals surface area contributed by atoms with Gasteiger partial charge in [0.15, 0.2) is 9.84 Å². The smallest absolute Gasteiger partial charge is 0.227 e. The predicted octanol–water partition coefficient (Wildman–Crippen LogP) is 2.77. The molecule has 0 saturated heterocycles. The zero-order valence-corrected chi connectivity index (χ0v) is 12.7. The maximum Gasteiger partial charge on any atom is 0.227 e. The molecule has 1 amide bonds. The summed E-state index contributed by atoms with van der Waals surface area (Å²) in [6.07, 6.45) is 2.91. The Hall–Kier alpha value is -1.36. The van der Waals surface area contributed by atoms with Gasteiger partial charge in [-0.3, -0.25) is 4.79 Å². The second kappa shape index (κ2) is 6.19. The molecule has 0 heterocycles. The van der Waals surface area contributed by atoms with Gasteiger partial charge in [0.25, 0.3) is 0 Å². The minimum Gasteiger partial charge on any atom is -0.326 e. The number of hydrogen-bond acceptors (Lipinski definition) is 3. The monoisotopic (exact) mass is 283 g/mol. The van der Waals surface area contributed by atoms with Crippen LogP contribution in [0.15, 0.2) is 23.1 Å². The van der Waals surface area contributed by atoms with Crippen molar-refractivity contribution in [3.63, 3.8) is 0 Å². The average Bonchev–Trinajstić information content (AvgIpc) is 2.30. The fourth-order valence-corrected chi connectivity index (χ4v) is 2.43. The lowest BCUT2D eigenvalue weighted by molar-refractivity contribution is -0.119. The molecule has 106 valence electrons.